The van der Waals surface area contributed by atoms with Crippen molar-refractivity contribution in [2.45, 2.75) is 33.2 Å². The number of aromatic amines is 1. The van der Waals surface area contributed by atoms with Crippen LogP contribution in [0, 0.1) is 5.41 Å². The highest BCUT2D eigenvalue weighted by atomic mass is 32.1. The van der Waals surface area contributed by atoms with Gasteiger partial charge in [0, 0.05) is 31.9 Å². The number of imidazole rings is 1. The lowest BCUT2D eigenvalue weighted by molar-refractivity contribution is 0.0821. The molecule has 0 aliphatic rings. The monoisotopic (exact) mass is 429 g/mol. The van der Waals surface area contributed by atoms with Gasteiger partial charge in [0.25, 0.3) is 5.91 Å². The van der Waals surface area contributed by atoms with Crippen LogP contribution in [0.3, 0.4) is 0 Å². The Kier molecular flexibility index (Phi) is 6.12. The molecule has 0 aliphatic carbocycles. The van der Waals surface area contributed by atoms with E-state index in [1.807, 2.05) is 45.0 Å². The zero-order chi connectivity index (χ0) is 22.1. The maximum Gasteiger partial charge on any atom is 0.407 e. The fourth-order valence-corrected chi connectivity index (χ4v) is 4.32. The van der Waals surface area contributed by atoms with E-state index in [0.717, 1.165) is 16.0 Å². The molecular weight excluding hydrogens is 402 g/mol. The lowest BCUT2D eigenvalue weighted by atomic mass is 9.80. The van der Waals surface area contributed by atoms with E-state index in [2.05, 4.69) is 15.0 Å². The van der Waals surface area contributed by atoms with Crippen LogP contribution in [-0.4, -0.2) is 62.5 Å². The van der Waals surface area contributed by atoms with E-state index in [0.29, 0.717) is 11.5 Å². The fourth-order valence-electron chi connectivity index (χ4n) is 3.19. The number of benzene rings is 1. The van der Waals surface area contributed by atoms with Gasteiger partial charge in [0.15, 0.2) is 0 Å². The molecule has 1 atom stereocenters. The van der Waals surface area contributed by atoms with Crippen molar-refractivity contribution in [1.29, 1.82) is 0 Å². The number of nitrogens with one attached hydrogen (secondary N) is 1. The topological polar surface area (TPSA) is 102 Å². The van der Waals surface area contributed by atoms with Gasteiger partial charge in [-0.15, -0.1) is 11.3 Å². The van der Waals surface area contributed by atoms with Gasteiger partial charge in [-0.3, -0.25) is 4.79 Å². The lowest BCUT2D eigenvalue weighted by Crippen LogP contribution is -2.37. The Balaban J connectivity index is 1.86. The van der Waals surface area contributed by atoms with Crippen molar-refractivity contribution in [3.05, 3.63) is 46.2 Å². The van der Waals surface area contributed by atoms with E-state index < -0.39 is 6.09 Å². The van der Waals surface area contributed by atoms with Crippen LogP contribution in [0.2, 0.25) is 0 Å². The highest BCUT2D eigenvalue weighted by Gasteiger charge is 2.33. The van der Waals surface area contributed by atoms with Crippen LogP contribution < -0.4 is 0 Å². The summed E-state index contributed by atoms with van der Waals surface area (Å²) in [7, 11) is 3.37. The minimum absolute atomic E-state index is 0.144. The van der Waals surface area contributed by atoms with Gasteiger partial charge in [-0.1, -0.05) is 32.9 Å². The maximum atomic E-state index is 12.2. The molecule has 0 spiro atoms. The number of hydrogen-bond donors (Lipinski definition) is 2. The molecule has 3 rings (SSSR count). The van der Waals surface area contributed by atoms with Gasteiger partial charge in [0.2, 0.25) is 0 Å². The Morgan fingerprint density at radius 3 is 2.50 bits per heavy atom. The van der Waals surface area contributed by atoms with Gasteiger partial charge in [0.05, 0.1) is 22.6 Å². The van der Waals surface area contributed by atoms with Crippen LogP contribution in [0.5, 0.6) is 0 Å². The average Bonchev–Trinajstić information content (AvgIpc) is 3.29. The van der Waals surface area contributed by atoms with Crippen LogP contribution in [0.1, 0.15) is 48.0 Å². The predicted octanol–water partition coefficient (Wildman–Crippen LogP) is 4.03. The molecule has 0 bridgehead atoms. The van der Waals surface area contributed by atoms with Gasteiger partial charge in [0.1, 0.15) is 11.5 Å². The number of H-pyrrole nitrogens is 1. The van der Waals surface area contributed by atoms with Crippen molar-refractivity contribution in [3.8, 4) is 0 Å². The predicted molar refractivity (Wildman–Crippen MR) is 117 cm³/mol. The number of carbonyl (C=O) groups is 2. The van der Waals surface area contributed by atoms with Gasteiger partial charge >= 0.3 is 6.09 Å². The van der Waals surface area contributed by atoms with Crippen molar-refractivity contribution < 1.29 is 14.7 Å². The van der Waals surface area contributed by atoms with E-state index in [1.165, 1.54) is 21.1 Å². The first-order chi connectivity index (χ1) is 14.1. The summed E-state index contributed by atoms with van der Waals surface area (Å²) >= 11 is 1.39. The summed E-state index contributed by atoms with van der Waals surface area (Å²) in [5.41, 5.74) is 1.81. The zero-order valence-electron chi connectivity index (χ0n) is 17.8. The molecule has 2 amide bonds. The molecule has 30 heavy (non-hydrogen) atoms. The number of thiazole rings is 1. The van der Waals surface area contributed by atoms with Crippen LogP contribution in [0.25, 0.3) is 11.0 Å². The summed E-state index contributed by atoms with van der Waals surface area (Å²) in [5, 5.41) is 12.3. The standard InChI is InChI=1S/C21H27N5O3S/c1-21(2,3)13(18-24-16(12-30-18)19(27)25(4)5)10-26(20(28)29)11-17-22-14-8-6-7-9-15(14)23-17/h6-9,12-13H,10-11H2,1-5H3,(H,22,23)(H,28,29). The quantitative estimate of drug-likeness (QED) is 0.616. The van der Waals surface area contributed by atoms with Crippen LogP contribution in [-0.2, 0) is 6.54 Å². The summed E-state index contributed by atoms with van der Waals surface area (Å²) in [6.45, 7) is 6.54. The van der Waals surface area contributed by atoms with E-state index in [9.17, 15) is 14.7 Å². The van der Waals surface area contributed by atoms with Crippen LogP contribution in [0.4, 0.5) is 4.79 Å². The van der Waals surface area contributed by atoms with Crippen molar-refractivity contribution in [1.82, 2.24) is 24.8 Å². The first-order valence-electron chi connectivity index (χ1n) is 9.65. The van der Waals surface area contributed by atoms with Gasteiger partial charge in [-0.25, -0.2) is 14.8 Å². The van der Waals surface area contributed by atoms with Crippen LogP contribution in [0.15, 0.2) is 29.6 Å². The number of carboxylic acid groups (broad SMARTS) is 1. The van der Waals surface area contributed by atoms with E-state index in [-0.39, 0.29) is 30.3 Å². The Hall–Kier alpha value is -2.94. The summed E-state index contributed by atoms with van der Waals surface area (Å²) in [4.78, 5) is 39.3. The second-order valence-electron chi connectivity index (χ2n) is 8.55. The third kappa shape index (κ3) is 4.79. The molecule has 2 aromatic heterocycles. The Labute approximate surface area is 179 Å². The Bertz CT molecular complexity index is 1020. The second-order valence-corrected chi connectivity index (χ2v) is 9.44. The molecule has 9 heteroatoms. The summed E-state index contributed by atoms with van der Waals surface area (Å²) in [6.07, 6.45) is -1.02. The van der Waals surface area contributed by atoms with Crippen molar-refractivity contribution in [2.24, 2.45) is 5.41 Å². The number of amides is 2. The Morgan fingerprint density at radius 2 is 1.90 bits per heavy atom. The molecule has 2 N–H and O–H groups in total. The molecule has 1 unspecified atom stereocenters. The lowest BCUT2D eigenvalue weighted by Gasteiger charge is -2.32. The van der Waals surface area contributed by atoms with E-state index >= 15 is 0 Å². The molecule has 2 heterocycles. The molecule has 3 aromatic rings. The Morgan fingerprint density at radius 1 is 1.20 bits per heavy atom. The fraction of sp³-hybridized carbons (Fsp3) is 0.429. The number of nitrogens with zero attached hydrogens (tertiary/aromatic N) is 4. The summed E-state index contributed by atoms with van der Waals surface area (Å²) in [5.74, 6) is 0.253. The second kappa shape index (κ2) is 8.43. The highest BCUT2D eigenvalue weighted by molar-refractivity contribution is 7.10. The van der Waals surface area contributed by atoms with Crippen LogP contribution >= 0.6 is 11.3 Å². The molecule has 0 saturated carbocycles. The third-order valence-electron chi connectivity index (χ3n) is 4.94. The number of rotatable bonds is 6. The summed E-state index contributed by atoms with van der Waals surface area (Å²) in [6, 6.07) is 7.60. The molecule has 160 valence electrons. The van der Waals surface area contributed by atoms with Crippen molar-refractivity contribution in [3.63, 3.8) is 0 Å². The van der Waals surface area contributed by atoms with Crippen molar-refractivity contribution in [2.75, 3.05) is 20.6 Å². The highest BCUT2D eigenvalue weighted by Crippen LogP contribution is 2.37. The first-order valence-corrected chi connectivity index (χ1v) is 10.5. The molecule has 0 fully saturated rings. The summed E-state index contributed by atoms with van der Waals surface area (Å²) < 4.78 is 0. The van der Waals surface area contributed by atoms with Gasteiger partial charge < -0.3 is 19.9 Å². The SMILES string of the molecule is CN(C)C(=O)c1csc(C(CN(Cc2nc3ccccc3[nH]2)C(=O)O)C(C)(C)C)n1. The average molecular weight is 430 g/mol. The van der Waals surface area contributed by atoms with Gasteiger partial charge in [-0.05, 0) is 17.5 Å². The molecular formula is C21H27N5O3S. The molecule has 0 radical (unpaired) electrons. The third-order valence-corrected chi connectivity index (χ3v) is 5.90. The first kappa shape index (κ1) is 21.8. The molecule has 0 aliphatic heterocycles. The minimum atomic E-state index is -1.02. The number of aromatic nitrogens is 3. The van der Waals surface area contributed by atoms with E-state index in [4.69, 9.17) is 0 Å². The van der Waals surface area contributed by atoms with Crippen molar-refractivity contribution >= 4 is 34.4 Å². The molecule has 8 nitrogen and oxygen atoms in total. The number of para-hydroxylation sites is 2. The van der Waals surface area contributed by atoms with Gasteiger partial charge in [-0.2, -0.15) is 0 Å². The largest absolute Gasteiger partial charge is 0.465 e. The molecule has 1 aromatic carbocycles. The normalized spacial score (nSPS) is 12.7. The number of carbonyl (C=O) groups excluding carboxylic acids is 1. The smallest absolute Gasteiger partial charge is 0.407 e. The molecule has 0 saturated heterocycles. The van der Waals surface area contributed by atoms with E-state index in [1.54, 1.807) is 19.5 Å². The minimum Gasteiger partial charge on any atom is -0.465 e. The zero-order valence-corrected chi connectivity index (χ0v) is 18.7. The maximum absolute atomic E-state index is 12.2. The number of hydrogen-bond acceptors (Lipinski definition) is 5. The number of fused-ring (bicyclic) bond motifs is 1.